The molecule has 0 spiro atoms. The van der Waals surface area contributed by atoms with Gasteiger partial charge in [-0.25, -0.2) is 4.98 Å². The Hall–Kier alpha value is -1.69. The molecule has 2 heterocycles. The minimum absolute atomic E-state index is 0.196. The van der Waals surface area contributed by atoms with Crippen molar-refractivity contribution < 1.29 is 5.11 Å². The van der Waals surface area contributed by atoms with Crippen LogP contribution in [-0.4, -0.2) is 20.1 Å². The van der Waals surface area contributed by atoms with Crippen LogP contribution >= 0.6 is 11.3 Å². The molecule has 5 nitrogen and oxygen atoms in total. The number of thiazole rings is 1. The van der Waals surface area contributed by atoms with Gasteiger partial charge in [0.1, 0.15) is 0 Å². The van der Waals surface area contributed by atoms with Gasteiger partial charge in [0, 0.05) is 11.1 Å². The number of nitrogens with zero attached hydrogens (tertiary/aromatic N) is 2. The molecule has 0 aliphatic heterocycles. The van der Waals surface area contributed by atoms with Crippen LogP contribution in [0.5, 0.6) is 5.88 Å². The van der Waals surface area contributed by atoms with E-state index >= 15 is 0 Å². The molecule has 0 saturated heterocycles. The molecule has 0 bridgehead atoms. The molecular formula is C11H13N3O2S. The lowest BCUT2D eigenvalue weighted by Crippen LogP contribution is -2.15. The van der Waals surface area contributed by atoms with Gasteiger partial charge >= 0.3 is 0 Å². The van der Waals surface area contributed by atoms with Gasteiger partial charge in [0.2, 0.25) is 5.88 Å². The molecular weight excluding hydrogens is 238 g/mol. The van der Waals surface area contributed by atoms with E-state index in [4.69, 9.17) is 0 Å². The number of aromatic nitrogens is 3. The van der Waals surface area contributed by atoms with Gasteiger partial charge in [-0.3, -0.25) is 4.79 Å². The lowest BCUT2D eigenvalue weighted by atomic mass is 10.2. The first-order valence-corrected chi connectivity index (χ1v) is 6.24. The van der Waals surface area contributed by atoms with Gasteiger partial charge in [-0.2, -0.15) is 4.98 Å². The number of hydrogen-bond acceptors (Lipinski definition) is 5. The Bertz CT molecular complexity index is 589. The fraction of sp³-hybridized carbons (Fsp3) is 0.364. The number of aromatic amines is 1. The van der Waals surface area contributed by atoms with Crippen LogP contribution in [0.1, 0.15) is 24.6 Å². The quantitative estimate of drug-likeness (QED) is 0.872. The summed E-state index contributed by atoms with van der Waals surface area (Å²) in [5.41, 5.74) is 0.913. The molecule has 90 valence electrons. The van der Waals surface area contributed by atoms with Crippen molar-refractivity contribution in [3.05, 3.63) is 27.0 Å². The molecule has 2 aromatic heterocycles. The molecule has 6 heteroatoms. The number of aryl methyl sites for hydroxylation is 1. The second-order valence-corrected chi connectivity index (χ2v) is 4.62. The maximum atomic E-state index is 11.8. The van der Waals surface area contributed by atoms with E-state index in [0.29, 0.717) is 22.8 Å². The summed E-state index contributed by atoms with van der Waals surface area (Å²) in [7, 11) is 0. The molecule has 0 saturated carbocycles. The molecule has 0 aliphatic rings. The summed E-state index contributed by atoms with van der Waals surface area (Å²) in [6.45, 7) is 3.81. The maximum absolute atomic E-state index is 11.8. The number of rotatable bonds is 3. The summed E-state index contributed by atoms with van der Waals surface area (Å²) in [6.07, 6.45) is 1.30. The van der Waals surface area contributed by atoms with E-state index < -0.39 is 0 Å². The van der Waals surface area contributed by atoms with Crippen LogP contribution in [0.4, 0.5) is 0 Å². The largest absolute Gasteiger partial charge is 0.493 e. The molecule has 0 radical (unpaired) electrons. The van der Waals surface area contributed by atoms with Gasteiger partial charge < -0.3 is 10.1 Å². The zero-order valence-electron chi connectivity index (χ0n) is 9.65. The van der Waals surface area contributed by atoms with E-state index in [9.17, 15) is 9.90 Å². The third kappa shape index (κ3) is 2.36. The van der Waals surface area contributed by atoms with E-state index in [2.05, 4.69) is 15.0 Å². The average molecular weight is 251 g/mol. The fourth-order valence-corrected chi connectivity index (χ4v) is 2.27. The molecule has 2 aromatic rings. The van der Waals surface area contributed by atoms with Crippen molar-refractivity contribution in [1.82, 2.24) is 15.0 Å². The smallest absolute Gasteiger partial charge is 0.258 e. The highest BCUT2D eigenvalue weighted by atomic mass is 32.1. The molecule has 0 amide bonds. The summed E-state index contributed by atoms with van der Waals surface area (Å²) in [4.78, 5) is 22.6. The first-order valence-electron chi connectivity index (χ1n) is 5.36. The molecule has 0 unspecified atom stereocenters. The Morgan fingerprint density at radius 3 is 2.76 bits per heavy atom. The van der Waals surface area contributed by atoms with Crippen molar-refractivity contribution in [1.29, 1.82) is 0 Å². The summed E-state index contributed by atoms with van der Waals surface area (Å²) in [6, 6.07) is 0. The Kier molecular flexibility index (Phi) is 3.23. The van der Waals surface area contributed by atoms with Gasteiger partial charge in [0.15, 0.2) is 10.8 Å². The van der Waals surface area contributed by atoms with E-state index in [1.54, 1.807) is 0 Å². The number of H-pyrrole nitrogens is 1. The minimum atomic E-state index is -0.290. The van der Waals surface area contributed by atoms with Crippen molar-refractivity contribution in [2.75, 3.05) is 0 Å². The SMILES string of the molecule is CCCc1c(O)nc(-c2nc(C)cs2)[nH]c1=O. The minimum Gasteiger partial charge on any atom is -0.493 e. The molecule has 0 aromatic carbocycles. The van der Waals surface area contributed by atoms with Crippen LogP contribution < -0.4 is 5.56 Å². The first kappa shape index (κ1) is 11.8. The molecule has 17 heavy (non-hydrogen) atoms. The van der Waals surface area contributed by atoms with E-state index in [1.165, 1.54) is 11.3 Å². The van der Waals surface area contributed by atoms with Crippen molar-refractivity contribution in [2.45, 2.75) is 26.7 Å². The molecule has 0 aliphatic carbocycles. The highest BCUT2D eigenvalue weighted by Gasteiger charge is 2.12. The molecule has 2 rings (SSSR count). The van der Waals surface area contributed by atoms with Crippen molar-refractivity contribution in [2.24, 2.45) is 0 Å². The van der Waals surface area contributed by atoms with Crippen LogP contribution in [0.2, 0.25) is 0 Å². The lowest BCUT2D eigenvalue weighted by molar-refractivity contribution is 0.443. The van der Waals surface area contributed by atoms with Gasteiger partial charge in [-0.1, -0.05) is 13.3 Å². The van der Waals surface area contributed by atoms with Crippen molar-refractivity contribution in [3.63, 3.8) is 0 Å². The Morgan fingerprint density at radius 2 is 2.24 bits per heavy atom. The maximum Gasteiger partial charge on any atom is 0.258 e. The monoisotopic (exact) mass is 251 g/mol. The predicted octanol–water partition coefficient (Wildman–Crippen LogP) is 1.86. The standard InChI is InChI=1S/C11H13N3O2S/c1-3-4-7-9(15)13-8(14-10(7)16)11-12-6(2)5-17-11/h5H,3-4H2,1-2H3,(H2,13,14,15,16). The van der Waals surface area contributed by atoms with Gasteiger partial charge in [-0.15, -0.1) is 11.3 Å². The number of aromatic hydroxyl groups is 1. The third-order valence-electron chi connectivity index (χ3n) is 2.32. The summed E-state index contributed by atoms with van der Waals surface area (Å²) in [5, 5.41) is 12.2. The fourth-order valence-electron chi connectivity index (χ4n) is 1.53. The van der Waals surface area contributed by atoms with Crippen LogP contribution in [0.15, 0.2) is 10.2 Å². The molecule has 0 atom stereocenters. The van der Waals surface area contributed by atoms with Crippen molar-refractivity contribution in [3.8, 4) is 16.7 Å². The van der Waals surface area contributed by atoms with Gasteiger partial charge in [-0.05, 0) is 13.3 Å². The first-order chi connectivity index (χ1) is 8.11. The Morgan fingerprint density at radius 1 is 1.47 bits per heavy atom. The number of hydrogen-bond donors (Lipinski definition) is 2. The predicted molar refractivity (Wildman–Crippen MR) is 66.4 cm³/mol. The summed E-state index contributed by atoms with van der Waals surface area (Å²) < 4.78 is 0. The Labute approximate surface area is 102 Å². The highest BCUT2D eigenvalue weighted by Crippen LogP contribution is 2.21. The van der Waals surface area contributed by atoms with Crippen LogP contribution in [0.25, 0.3) is 10.8 Å². The Balaban J connectivity index is 2.49. The van der Waals surface area contributed by atoms with Crippen LogP contribution in [-0.2, 0) is 6.42 Å². The zero-order chi connectivity index (χ0) is 12.4. The van der Waals surface area contributed by atoms with E-state index in [1.807, 2.05) is 19.2 Å². The van der Waals surface area contributed by atoms with E-state index in [-0.39, 0.29) is 11.4 Å². The van der Waals surface area contributed by atoms with Gasteiger partial charge in [0.25, 0.3) is 5.56 Å². The summed E-state index contributed by atoms with van der Waals surface area (Å²) >= 11 is 1.38. The van der Waals surface area contributed by atoms with Crippen molar-refractivity contribution >= 4 is 11.3 Å². The highest BCUT2D eigenvalue weighted by molar-refractivity contribution is 7.13. The molecule has 0 fully saturated rings. The van der Waals surface area contributed by atoms with Crippen LogP contribution in [0, 0.1) is 6.92 Å². The zero-order valence-corrected chi connectivity index (χ0v) is 10.5. The van der Waals surface area contributed by atoms with Gasteiger partial charge in [0.05, 0.1) is 5.56 Å². The summed E-state index contributed by atoms with van der Waals surface area (Å²) in [5.74, 6) is 0.129. The van der Waals surface area contributed by atoms with Crippen LogP contribution in [0.3, 0.4) is 0 Å². The normalized spacial score (nSPS) is 10.7. The van der Waals surface area contributed by atoms with E-state index in [0.717, 1.165) is 12.1 Å². The second kappa shape index (κ2) is 4.67. The lowest BCUT2D eigenvalue weighted by Gasteiger charge is -2.02. The third-order valence-corrected chi connectivity index (χ3v) is 3.28. The average Bonchev–Trinajstić information content (AvgIpc) is 2.70. The second-order valence-electron chi connectivity index (χ2n) is 3.76. The molecule has 2 N–H and O–H groups in total. The topological polar surface area (TPSA) is 78.9 Å². The number of nitrogens with one attached hydrogen (secondary N) is 1.